The smallest absolute Gasteiger partial charge is 0.213 e. The second-order valence-corrected chi connectivity index (χ2v) is 4.62. The summed E-state index contributed by atoms with van der Waals surface area (Å²) in [6, 6.07) is 9.01. The molecule has 4 nitrogen and oxygen atoms in total. The van der Waals surface area contributed by atoms with Crippen molar-refractivity contribution in [3.63, 3.8) is 0 Å². The molecule has 0 spiro atoms. The van der Waals surface area contributed by atoms with Gasteiger partial charge in [-0.2, -0.15) is 0 Å². The van der Waals surface area contributed by atoms with Crippen molar-refractivity contribution in [3.8, 4) is 5.88 Å². The molecule has 1 aromatic heterocycles. The summed E-state index contributed by atoms with van der Waals surface area (Å²) in [6.07, 6.45) is -1.73. The monoisotopic (exact) mass is 311 g/mol. The van der Waals surface area contributed by atoms with Crippen LogP contribution in [-0.4, -0.2) is 33.7 Å². The minimum Gasteiger partial charge on any atom is -0.481 e. The van der Waals surface area contributed by atoms with Crippen LogP contribution in [0.3, 0.4) is 0 Å². The molecular formula is C13H14BrNO3. The molecule has 0 aliphatic carbocycles. The molecule has 5 heteroatoms. The standard InChI is InChI=1S/C13H14BrNO3/c1-18-12-5-3-8-6-9(2-4-10(8)15-12)13(17)11(16)7-14/h2-6,11,13,16-17H,7H2,1H3. The van der Waals surface area contributed by atoms with Gasteiger partial charge >= 0.3 is 0 Å². The van der Waals surface area contributed by atoms with Gasteiger partial charge in [0.05, 0.1) is 18.7 Å². The third-order valence-corrected chi connectivity index (χ3v) is 3.42. The molecule has 2 N–H and O–H groups in total. The predicted octanol–water partition coefficient (Wildman–Crippen LogP) is 2.03. The van der Waals surface area contributed by atoms with Gasteiger partial charge in [0, 0.05) is 16.8 Å². The van der Waals surface area contributed by atoms with Gasteiger partial charge in [-0.3, -0.25) is 0 Å². The molecule has 0 fully saturated rings. The maximum absolute atomic E-state index is 9.92. The molecule has 0 saturated heterocycles. The minimum atomic E-state index is -0.907. The number of pyridine rings is 1. The van der Waals surface area contributed by atoms with E-state index in [-0.39, 0.29) is 0 Å². The zero-order valence-corrected chi connectivity index (χ0v) is 11.5. The van der Waals surface area contributed by atoms with Gasteiger partial charge in [0.25, 0.3) is 0 Å². The van der Waals surface area contributed by atoms with Gasteiger partial charge in [-0.05, 0) is 23.8 Å². The summed E-state index contributed by atoms with van der Waals surface area (Å²) >= 11 is 3.14. The fraction of sp³-hybridized carbons (Fsp3) is 0.308. The van der Waals surface area contributed by atoms with Crippen molar-refractivity contribution < 1.29 is 14.9 Å². The Morgan fingerprint density at radius 2 is 2.06 bits per heavy atom. The van der Waals surface area contributed by atoms with E-state index >= 15 is 0 Å². The van der Waals surface area contributed by atoms with Crippen molar-refractivity contribution >= 4 is 26.8 Å². The normalized spacial score (nSPS) is 14.4. The van der Waals surface area contributed by atoms with E-state index in [1.165, 1.54) is 0 Å². The van der Waals surface area contributed by atoms with Crippen LogP contribution in [0.15, 0.2) is 30.3 Å². The molecule has 0 aliphatic heterocycles. The van der Waals surface area contributed by atoms with E-state index in [9.17, 15) is 10.2 Å². The minimum absolute atomic E-state index is 0.326. The Hall–Kier alpha value is -1.17. The van der Waals surface area contributed by atoms with Crippen LogP contribution in [0.2, 0.25) is 0 Å². The third-order valence-electron chi connectivity index (χ3n) is 2.76. The lowest BCUT2D eigenvalue weighted by atomic mass is 10.0. The molecular weight excluding hydrogens is 298 g/mol. The quantitative estimate of drug-likeness (QED) is 0.848. The van der Waals surface area contributed by atoms with E-state index in [0.29, 0.717) is 16.8 Å². The van der Waals surface area contributed by atoms with Gasteiger partial charge < -0.3 is 14.9 Å². The van der Waals surface area contributed by atoms with Crippen molar-refractivity contribution in [1.29, 1.82) is 0 Å². The Bertz CT molecular complexity index is 547. The summed E-state index contributed by atoms with van der Waals surface area (Å²) < 4.78 is 5.05. The molecule has 1 heterocycles. The van der Waals surface area contributed by atoms with E-state index in [0.717, 1.165) is 10.9 Å². The van der Waals surface area contributed by atoms with Crippen molar-refractivity contribution in [2.24, 2.45) is 0 Å². The number of ether oxygens (including phenoxy) is 1. The number of alkyl halides is 1. The number of halogens is 1. The highest BCUT2D eigenvalue weighted by Gasteiger charge is 2.17. The molecule has 18 heavy (non-hydrogen) atoms. The number of fused-ring (bicyclic) bond motifs is 1. The summed E-state index contributed by atoms with van der Waals surface area (Å²) in [5.74, 6) is 0.552. The lowest BCUT2D eigenvalue weighted by Crippen LogP contribution is -2.19. The number of hydrogen-bond donors (Lipinski definition) is 2. The van der Waals surface area contributed by atoms with E-state index < -0.39 is 12.2 Å². The van der Waals surface area contributed by atoms with Gasteiger partial charge in [0.1, 0.15) is 6.10 Å². The number of methoxy groups -OCH3 is 1. The number of rotatable bonds is 4. The number of aromatic nitrogens is 1. The molecule has 0 radical (unpaired) electrons. The number of aliphatic hydroxyl groups excluding tert-OH is 2. The Labute approximate surface area is 113 Å². The van der Waals surface area contributed by atoms with Crippen molar-refractivity contribution in [2.45, 2.75) is 12.2 Å². The first-order valence-corrected chi connectivity index (χ1v) is 6.64. The summed E-state index contributed by atoms with van der Waals surface area (Å²) in [4.78, 5) is 4.28. The summed E-state index contributed by atoms with van der Waals surface area (Å²) in [7, 11) is 1.57. The molecule has 0 bridgehead atoms. The Balaban J connectivity index is 2.38. The Morgan fingerprint density at radius 1 is 1.28 bits per heavy atom. The molecule has 2 aromatic rings. The number of aliphatic hydroxyl groups is 2. The van der Waals surface area contributed by atoms with Gasteiger partial charge in [-0.1, -0.05) is 22.0 Å². The van der Waals surface area contributed by atoms with Crippen LogP contribution < -0.4 is 4.74 Å². The zero-order chi connectivity index (χ0) is 13.1. The maximum atomic E-state index is 9.92. The predicted molar refractivity (Wildman–Crippen MR) is 73.1 cm³/mol. The van der Waals surface area contributed by atoms with Gasteiger partial charge in [0.2, 0.25) is 5.88 Å². The van der Waals surface area contributed by atoms with Crippen LogP contribution in [-0.2, 0) is 0 Å². The molecule has 0 saturated carbocycles. The first-order valence-electron chi connectivity index (χ1n) is 5.52. The van der Waals surface area contributed by atoms with Crippen LogP contribution in [0, 0.1) is 0 Å². The fourth-order valence-electron chi connectivity index (χ4n) is 1.73. The van der Waals surface area contributed by atoms with Gasteiger partial charge in [-0.25, -0.2) is 4.98 Å². The molecule has 2 unspecified atom stereocenters. The van der Waals surface area contributed by atoms with Crippen LogP contribution in [0.1, 0.15) is 11.7 Å². The molecule has 96 valence electrons. The van der Waals surface area contributed by atoms with Gasteiger partial charge in [0.15, 0.2) is 0 Å². The average Bonchev–Trinajstić information content (AvgIpc) is 2.44. The second kappa shape index (κ2) is 5.65. The lowest BCUT2D eigenvalue weighted by Gasteiger charge is -2.16. The molecule has 0 amide bonds. The summed E-state index contributed by atoms with van der Waals surface area (Å²) in [5, 5.41) is 20.7. The van der Waals surface area contributed by atoms with E-state index in [2.05, 4.69) is 20.9 Å². The summed E-state index contributed by atoms with van der Waals surface area (Å²) in [5.41, 5.74) is 1.46. The molecule has 2 rings (SSSR count). The highest BCUT2D eigenvalue weighted by molar-refractivity contribution is 9.09. The zero-order valence-electron chi connectivity index (χ0n) is 9.88. The molecule has 1 aromatic carbocycles. The first kappa shape index (κ1) is 13.3. The van der Waals surface area contributed by atoms with Gasteiger partial charge in [-0.15, -0.1) is 0 Å². The molecule has 0 aliphatic rings. The Kier molecular flexibility index (Phi) is 4.16. The second-order valence-electron chi connectivity index (χ2n) is 3.97. The topological polar surface area (TPSA) is 62.6 Å². The maximum Gasteiger partial charge on any atom is 0.213 e. The highest BCUT2D eigenvalue weighted by Crippen LogP contribution is 2.23. The first-order chi connectivity index (χ1) is 8.65. The van der Waals surface area contributed by atoms with Crippen LogP contribution in [0.5, 0.6) is 5.88 Å². The van der Waals surface area contributed by atoms with E-state index in [4.69, 9.17) is 4.74 Å². The van der Waals surface area contributed by atoms with Crippen LogP contribution in [0.25, 0.3) is 10.9 Å². The summed E-state index contributed by atoms with van der Waals surface area (Å²) in [6.45, 7) is 0. The number of benzene rings is 1. The fourth-order valence-corrected chi connectivity index (χ4v) is 2.08. The Morgan fingerprint density at radius 3 is 2.72 bits per heavy atom. The van der Waals surface area contributed by atoms with Crippen LogP contribution >= 0.6 is 15.9 Å². The molecule has 2 atom stereocenters. The highest BCUT2D eigenvalue weighted by atomic mass is 79.9. The van der Waals surface area contributed by atoms with Crippen LogP contribution in [0.4, 0.5) is 0 Å². The van der Waals surface area contributed by atoms with E-state index in [1.807, 2.05) is 12.1 Å². The SMILES string of the molecule is COc1ccc2cc(C(O)C(O)CBr)ccc2n1. The lowest BCUT2D eigenvalue weighted by molar-refractivity contribution is 0.0343. The number of hydrogen-bond acceptors (Lipinski definition) is 4. The van der Waals surface area contributed by atoms with Crippen molar-refractivity contribution in [1.82, 2.24) is 4.98 Å². The largest absolute Gasteiger partial charge is 0.481 e. The van der Waals surface area contributed by atoms with E-state index in [1.54, 1.807) is 25.3 Å². The third kappa shape index (κ3) is 2.63. The van der Waals surface area contributed by atoms with Crippen molar-refractivity contribution in [2.75, 3.05) is 12.4 Å². The average molecular weight is 312 g/mol. The number of nitrogens with zero attached hydrogens (tertiary/aromatic N) is 1. The van der Waals surface area contributed by atoms with Crippen molar-refractivity contribution in [3.05, 3.63) is 35.9 Å².